The second-order valence-corrected chi connectivity index (χ2v) is 7.38. The molecule has 0 unspecified atom stereocenters. The van der Waals surface area contributed by atoms with Crippen LogP contribution in [0.4, 0.5) is 0 Å². The van der Waals surface area contributed by atoms with Crippen LogP contribution in [0.3, 0.4) is 0 Å². The van der Waals surface area contributed by atoms with Crippen molar-refractivity contribution in [3.05, 3.63) is 35.4 Å². The maximum Gasteiger partial charge on any atom is 0.215 e. The molecular weight excluding hydrogens is 290 g/mol. The predicted molar refractivity (Wildman–Crippen MR) is 81.3 cm³/mol. The predicted octanol–water partition coefficient (Wildman–Crippen LogP) is 1.96. The first-order chi connectivity index (χ1) is 9.89. The molecule has 1 N–H and O–H groups in total. The van der Waals surface area contributed by atoms with Crippen LogP contribution in [0, 0.1) is 6.92 Å². The Morgan fingerprint density at radius 3 is 2.67 bits per heavy atom. The lowest BCUT2D eigenvalue weighted by atomic mass is 10.2. The third-order valence-corrected chi connectivity index (χ3v) is 4.80. The summed E-state index contributed by atoms with van der Waals surface area (Å²) in [5, 5.41) is 0. The summed E-state index contributed by atoms with van der Waals surface area (Å²) in [6.07, 6.45) is 1.38. The monoisotopic (exact) mass is 313 g/mol. The van der Waals surface area contributed by atoms with Crippen molar-refractivity contribution < 1.29 is 17.9 Å². The molecule has 0 amide bonds. The zero-order valence-electron chi connectivity index (χ0n) is 12.6. The van der Waals surface area contributed by atoms with Gasteiger partial charge in [0, 0.05) is 13.0 Å². The van der Waals surface area contributed by atoms with E-state index < -0.39 is 15.8 Å². The minimum Gasteiger partial charge on any atom is -0.350 e. The lowest BCUT2D eigenvalue weighted by molar-refractivity contribution is -0.257. The van der Waals surface area contributed by atoms with E-state index in [1.165, 1.54) is 0 Å². The second kappa shape index (κ2) is 6.87. The molecule has 0 saturated carbocycles. The summed E-state index contributed by atoms with van der Waals surface area (Å²) in [5.74, 6) is -0.683. The zero-order valence-corrected chi connectivity index (χ0v) is 13.4. The maximum absolute atomic E-state index is 12.1. The molecule has 0 spiro atoms. The summed E-state index contributed by atoms with van der Waals surface area (Å²) in [6.45, 7) is 5.42. The first-order valence-corrected chi connectivity index (χ1v) is 8.85. The fourth-order valence-electron chi connectivity index (χ4n) is 2.33. The van der Waals surface area contributed by atoms with E-state index in [1.807, 2.05) is 38.1 Å². The van der Waals surface area contributed by atoms with Crippen molar-refractivity contribution in [2.45, 2.75) is 38.2 Å². The number of hydrogen-bond acceptors (Lipinski definition) is 4. The van der Waals surface area contributed by atoms with Crippen molar-refractivity contribution in [3.63, 3.8) is 0 Å². The van der Waals surface area contributed by atoms with Crippen LogP contribution in [-0.2, 0) is 25.2 Å². The molecule has 1 fully saturated rings. The van der Waals surface area contributed by atoms with Crippen molar-refractivity contribution in [1.29, 1.82) is 0 Å². The van der Waals surface area contributed by atoms with E-state index in [0.29, 0.717) is 26.2 Å². The Balaban J connectivity index is 1.84. The van der Waals surface area contributed by atoms with Crippen LogP contribution in [0.1, 0.15) is 30.9 Å². The average molecular weight is 313 g/mol. The highest BCUT2D eigenvalue weighted by Gasteiger charge is 2.28. The van der Waals surface area contributed by atoms with Crippen LogP contribution in [-0.4, -0.2) is 34.0 Å². The molecule has 1 aliphatic heterocycles. The topological polar surface area (TPSA) is 64.6 Å². The molecule has 118 valence electrons. The molecule has 6 heteroatoms. The van der Waals surface area contributed by atoms with Gasteiger partial charge in [-0.15, -0.1) is 0 Å². The highest BCUT2D eigenvalue weighted by Crippen LogP contribution is 2.21. The van der Waals surface area contributed by atoms with Gasteiger partial charge >= 0.3 is 0 Å². The van der Waals surface area contributed by atoms with E-state index in [1.54, 1.807) is 0 Å². The number of sulfonamides is 1. The van der Waals surface area contributed by atoms with Gasteiger partial charge in [-0.3, -0.25) is 0 Å². The molecule has 0 aromatic heterocycles. The van der Waals surface area contributed by atoms with Gasteiger partial charge in [0.2, 0.25) is 10.0 Å². The van der Waals surface area contributed by atoms with Crippen LogP contribution in [0.5, 0.6) is 0 Å². The Hall–Kier alpha value is -0.950. The number of aryl methyl sites for hydroxylation is 1. The van der Waals surface area contributed by atoms with Crippen LogP contribution in [0.25, 0.3) is 0 Å². The molecule has 0 atom stereocenters. The Labute approximate surface area is 126 Å². The van der Waals surface area contributed by atoms with E-state index in [-0.39, 0.29) is 5.75 Å². The molecule has 1 heterocycles. The van der Waals surface area contributed by atoms with Gasteiger partial charge in [0.15, 0.2) is 5.79 Å². The molecule has 0 aliphatic carbocycles. The summed E-state index contributed by atoms with van der Waals surface area (Å²) in [5.41, 5.74) is 1.85. The third-order valence-electron chi connectivity index (χ3n) is 3.44. The molecule has 5 nitrogen and oxygen atoms in total. The SMILES string of the molecule is Cc1cccc(CS(=O)(=O)NCCC2(C)OCCCO2)c1. The lowest BCUT2D eigenvalue weighted by Gasteiger charge is -2.33. The van der Waals surface area contributed by atoms with E-state index in [9.17, 15) is 8.42 Å². The van der Waals surface area contributed by atoms with E-state index in [4.69, 9.17) is 9.47 Å². The number of hydrogen-bond donors (Lipinski definition) is 1. The van der Waals surface area contributed by atoms with Crippen molar-refractivity contribution in [2.75, 3.05) is 19.8 Å². The number of rotatable bonds is 6. The summed E-state index contributed by atoms with van der Waals surface area (Å²) >= 11 is 0. The maximum atomic E-state index is 12.1. The molecule has 2 rings (SSSR count). The molecule has 21 heavy (non-hydrogen) atoms. The summed E-state index contributed by atoms with van der Waals surface area (Å²) in [7, 11) is -3.34. The number of nitrogens with one attached hydrogen (secondary N) is 1. The van der Waals surface area contributed by atoms with E-state index >= 15 is 0 Å². The van der Waals surface area contributed by atoms with Crippen molar-refractivity contribution >= 4 is 10.0 Å². The van der Waals surface area contributed by atoms with Gasteiger partial charge < -0.3 is 9.47 Å². The van der Waals surface area contributed by atoms with Gasteiger partial charge in [-0.05, 0) is 25.8 Å². The molecule has 1 aromatic carbocycles. The Kier molecular flexibility index (Phi) is 5.37. The smallest absolute Gasteiger partial charge is 0.215 e. The fraction of sp³-hybridized carbons (Fsp3) is 0.600. The first-order valence-electron chi connectivity index (χ1n) is 7.19. The minimum absolute atomic E-state index is 0.00684. The Morgan fingerprint density at radius 1 is 1.29 bits per heavy atom. The minimum atomic E-state index is -3.34. The summed E-state index contributed by atoms with van der Waals surface area (Å²) in [4.78, 5) is 0. The molecule has 1 saturated heterocycles. The van der Waals surface area contributed by atoms with Gasteiger partial charge in [0.25, 0.3) is 0 Å². The quantitative estimate of drug-likeness (QED) is 0.872. The lowest BCUT2D eigenvalue weighted by Crippen LogP contribution is -2.41. The Bertz CT molecular complexity index is 565. The van der Waals surface area contributed by atoms with Crippen LogP contribution < -0.4 is 4.72 Å². The molecule has 0 radical (unpaired) electrons. The van der Waals surface area contributed by atoms with Crippen molar-refractivity contribution in [3.8, 4) is 0 Å². The van der Waals surface area contributed by atoms with Crippen LogP contribution >= 0.6 is 0 Å². The van der Waals surface area contributed by atoms with Gasteiger partial charge in [-0.2, -0.15) is 0 Å². The van der Waals surface area contributed by atoms with Gasteiger partial charge in [-0.25, -0.2) is 13.1 Å². The molecular formula is C15H23NO4S. The largest absolute Gasteiger partial charge is 0.350 e. The number of ether oxygens (including phenoxy) is 2. The second-order valence-electron chi connectivity index (χ2n) is 5.58. The summed E-state index contributed by atoms with van der Waals surface area (Å²) < 4.78 is 37.9. The third kappa shape index (κ3) is 5.39. The molecule has 1 aromatic rings. The number of benzene rings is 1. The van der Waals surface area contributed by atoms with Gasteiger partial charge in [0.1, 0.15) is 0 Å². The van der Waals surface area contributed by atoms with E-state index in [2.05, 4.69) is 4.72 Å². The van der Waals surface area contributed by atoms with Gasteiger partial charge in [-0.1, -0.05) is 29.8 Å². The highest BCUT2D eigenvalue weighted by atomic mass is 32.2. The Morgan fingerprint density at radius 2 is 2.00 bits per heavy atom. The first kappa shape index (κ1) is 16.4. The van der Waals surface area contributed by atoms with Crippen LogP contribution in [0.2, 0.25) is 0 Å². The molecule has 0 bridgehead atoms. The average Bonchev–Trinajstić information content (AvgIpc) is 2.38. The highest BCUT2D eigenvalue weighted by molar-refractivity contribution is 7.88. The normalized spacial score (nSPS) is 18.6. The van der Waals surface area contributed by atoms with Crippen molar-refractivity contribution in [2.24, 2.45) is 0 Å². The standard InChI is InChI=1S/C15H23NO4S/c1-13-5-3-6-14(11-13)12-21(17,18)16-8-7-15(2)19-9-4-10-20-15/h3,5-6,11,16H,4,7-10,12H2,1-2H3. The molecule has 1 aliphatic rings. The zero-order chi connectivity index (χ0) is 15.3. The fourth-order valence-corrected chi connectivity index (χ4v) is 3.46. The van der Waals surface area contributed by atoms with Crippen molar-refractivity contribution in [1.82, 2.24) is 4.72 Å². The van der Waals surface area contributed by atoms with Crippen LogP contribution in [0.15, 0.2) is 24.3 Å². The van der Waals surface area contributed by atoms with Gasteiger partial charge in [0.05, 0.1) is 19.0 Å². The summed E-state index contributed by atoms with van der Waals surface area (Å²) in [6, 6.07) is 7.52. The van der Waals surface area contributed by atoms with E-state index in [0.717, 1.165) is 17.5 Å².